The third-order valence-corrected chi connectivity index (χ3v) is 4.90. The number of benzene rings is 1. The number of piperidine rings is 1. The summed E-state index contributed by atoms with van der Waals surface area (Å²) in [6.07, 6.45) is 4.28. The lowest BCUT2D eigenvalue weighted by Gasteiger charge is -2.32. The molecule has 0 atom stereocenters. The van der Waals surface area contributed by atoms with Gasteiger partial charge < -0.3 is 20.1 Å². The minimum absolute atomic E-state index is 0.0299. The number of methoxy groups -OCH3 is 1. The van der Waals surface area contributed by atoms with Crippen LogP contribution in [0.4, 0.5) is 0 Å². The molecule has 0 spiro atoms. The van der Waals surface area contributed by atoms with E-state index >= 15 is 0 Å². The summed E-state index contributed by atoms with van der Waals surface area (Å²) >= 11 is 1.88. The maximum absolute atomic E-state index is 12.8. The molecular weight excluding hydrogens is 312 g/mol. The molecule has 1 fully saturated rings. The lowest BCUT2D eigenvalue weighted by Crippen LogP contribution is -2.39. The average molecular weight is 338 g/mol. The molecule has 0 radical (unpaired) electrons. The predicted molar refractivity (Wildman–Crippen MR) is 94.6 cm³/mol. The molecule has 1 aromatic rings. The highest BCUT2D eigenvalue weighted by Gasteiger charge is 2.25. The number of nitrogens with two attached hydrogens (primary N) is 1. The third-order valence-electron chi connectivity index (χ3n) is 4.10. The van der Waals surface area contributed by atoms with Crippen molar-refractivity contribution in [3.05, 3.63) is 23.8 Å². The zero-order valence-corrected chi connectivity index (χ0v) is 14.7. The summed E-state index contributed by atoms with van der Waals surface area (Å²) in [6, 6.07) is 5.33. The van der Waals surface area contributed by atoms with Gasteiger partial charge in [0, 0.05) is 25.7 Å². The van der Waals surface area contributed by atoms with Crippen molar-refractivity contribution in [2.75, 3.05) is 45.4 Å². The van der Waals surface area contributed by atoms with Crippen LogP contribution in [0.1, 0.15) is 23.2 Å². The minimum Gasteiger partial charge on any atom is -0.497 e. The van der Waals surface area contributed by atoms with E-state index in [9.17, 15) is 4.79 Å². The molecule has 0 aliphatic carbocycles. The summed E-state index contributed by atoms with van der Waals surface area (Å²) in [5, 5.41) is 0. The largest absolute Gasteiger partial charge is 0.497 e. The molecule has 23 heavy (non-hydrogen) atoms. The third kappa shape index (κ3) is 4.78. The summed E-state index contributed by atoms with van der Waals surface area (Å²) in [5.41, 5.74) is 6.09. The zero-order valence-electron chi connectivity index (χ0n) is 13.9. The van der Waals surface area contributed by atoms with E-state index in [1.54, 1.807) is 25.3 Å². The minimum atomic E-state index is 0.0299. The monoisotopic (exact) mass is 338 g/mol. The Hall–Kier alpha value is -1.40. The van der Waals surface area contributed by atoms with Crippen LogP contribution in [-0.4, -0.2) is 56.2 Å². The number of hydrogen-bond donors (Lipinski definition) is 1. The predicted octanol–water partition coefficient (Wildman–Crippen LogP) is 2.25. The van der Waals surface area contributed by atoms with Gasteiger partial charge in [-0.1, -0.05) is 0 Å². The number of thioether (sulfide) groups is 1. The standard InChI is InChI=1S/C17H26N2O3S/c1-21-14-3-4-15(16(11-14)22-10-7-18)17(20)19-8-5-13(6-9-19)12-23-2/h3-4,11,13H,5-10,12,18H2,1-2H3. The van der Waals surface area contributed by atoms with Gasteiger partial charge in [-0.15, -0.1) is 0 Å². The van der Waals surface area contributed by atoms with Crippen LogP contribution in [-0.2, 0) is 0 Å². The van der Waals surface area contributed by atoms with E-state index in [2.05, 4.69) is 6.26 Å². The number of likely N-dealkylation sites (tertiary alicyclic amines) is 1. The zero-order chi connectivity index (χ0) is 16.7. The maximum atomic E-state index is 12.8. The number of carbonyl (C=O) groups is 1. The van der Waals surface area contributed by atoms with Gasteiger partial charge >= 0.3 is 0 Å². The molecule has 6 heteroatoms. The Labute approximate surface area is 142 Å². The van der Waals surface area contributed by atoms with Crippen LogP contribution in [0.25, 0.3) is 0 Å². The van der Waals surface area contributed by atoms with Crippen molar-refractivity contribution in [2.24, 2.45) is 11.7 Å². The van der Waals surface area contributed by atoms with Crippen LogP contribution in [0.2, 0.25) is 0 Å². The lowest BCUT2D eigenvalue weighted by atomic mass is 9.98. The molecule has 1 saturated heterocycles. The molecule has 2 rings (SSSR count). The fraction of sp³-hybridized carbons (Fsp3) is 0.588. The molecule has 0 bridgehead atoms. The highest BCUT2D eigenvalue weighted by atomic mass is 32.2. The Balaban J connectivity index is 2.09. The SMILES string of the molecule is COc1ccc(C(=O)N2CCC(CSC)CC2)c(OCCN)c1. The number of nitrogens with zero attached hydrogens (tertiary/aromatic N) is 1. The van der Waals surface area contributed by atoms with Crippen molar-refractivity contribution in [1.82, 2.24) is 4.90 Å². The normalized spacial score (nSPS) is 15.5. The van der Waals surface area contributed by atoms with Crippen molar-refractivity contribution in [1.29, 1.82) is 0 Å². The maximum Gasteiger partial charge on any atom is 0.257 e. The van der Waals surface area contributed by atoms with Crippen molar-refractivity contribution >= 4 is 17.7 Å². The topological polar surface area (TPSA) is 64.8 Å². The van der Waals surface area contributed by atoms with Crippen LogP contribution in [0, 0.1) is 5.92 Å². The summed E-state index contributed by atoms with van der Waals surface area (Å²) in [7, 11) is 1.60. The first-order valence-corrected chi connectivity index (χ1v) is 9.38. The molecule has 0 aromatic heterocycles. The van der Waals surface area contributed by atoms with E-state index < -0.39 is 0 Å². The van der Waals surface area contributed by atoms with E-state index in [1.807, 2.05) is 16.7 Å². The van der Waals surface area contributed by atoms with Crippen molar-refractivity contribution < 1.29 is 14.3 Å². The molecule has 2 N–H and O–H groups in total. The van der Waals surface area contributed by atoms with Gasteiger partial charge in [-0.2, -0.15) is 11.8 Å². The Morgan fingerprint density at radius 2 is 2.13 bits per heavy atom. The Bertz CT molecular complexity index is 517. The second kappa shape index (κ2) is 9.03. The van der Waals surface area contributed by atoms with E-state index in [0.717, 1.165) is 31.8 Å². The highest BCUT2D eigenvalue weighted by molar-refractivity contribution is 7.98. The molecular formula is C17H26N2O3S. The number of amides is 1. The number of carbonyl (C=O) groups excluding carboxylic acids is 1. The van der Waals surface area contributed by atoms with E-state index in [0.29, 0.717) is 30.2 Å². The first-order valence-electron chi connectivity index (χ1n) is 7.98. The molecule has 1 amide bonds. The first-order chi connectivity index (χ1) is 11.2. The van der Waals surface area contributed by atoms with Gasteiger partial charge in [0.2, 0.25) is 0 Å². The molecule has 0 unspecified atom stereocenters. The van der Waals surface area contributed by atoms with Gasteiger partial charge in [-0.25, -0.2) is 0 Å². The van der Waals surface area contributed by atoms with Crippen molar-refractivity contribution in [3.63, 3.8) is 0 Å². The molecule has 1 aromatic carbocycles. The van der Waals surface area contributed by atoms with Gasteiger partial charge in [0.25, 0.3) is 5.91 Å². The van der Waals surface area contributed by atoms with E-state index in [1.165, 1.54) is 5.75 Å². The summed E-state index contributed by atoms with van der Waals surface area (Å²) in [5.74, 6) is 3.15. The average Bonchev–Trinajstić information content (AvgIpc) is 2.60. The van der Waals surface area contributed by atoms with E-state index in [4.69, 9.17) is 15.2 Å². The highest BCUT2D eigenvalue weighted by Crippen LogP contribution is 2.28. The van der Waals surface area contributed by atoms with Crippen LogP contribution < -0.4 is 15.2 Å². The van der Waals surface area contributed by atoms with Crippen LogP contribution in [0.5, 0.6) is 11.5 Å². The number of rotatable bonds is 7. The number of hydrogen-bond acceptors (Lipinski definition) is 5. The van der Waals surface area contributed by atoms with E-state index in [-0.39, 0.29) is 5.91 Å². The van der Waals surface area contributed by atoms with Crippen molar-refractivity contribution in [2.45, 2.75) is 12.8 Å². The van der Waals surface area contributed by atoms with Gasteiger partial charge in [-0.3, -0.25) is 4.79 Å². The quantitative estimate of drug-likeness (QED) is 0.826. The molecule has 1 aliphatic heterocycles. The molecule has 1 heterocycles. The van der Waals surface area contributed by atoms with Crippen LogP contribution in [0.3, 0.4) is 0 Å². The number of ether oxygens (including phenoxy) is 2. The fourth-order valence-corrected chi connectivity index (χ4v) is 3.61. The fourth-order valence-electron chi connectivity index (χ4n) is 2.80. The summed E-state index contributed by atoms with van der Waals surface area (Å²) < 4.78 is 10.9. The second-order valence-electron chi connectivity index (χ2n) is 5.69. The second-order valence-corrected chi connectivity index (χ2v) is 6.60. The first kappa shape index (κ1) is 17.9. The van der Waals surface area contributed by atoms with Crippen molar-refractivity contribution in [3.8, 4) is 11.5 Å². The van der Waals surface area contributed by atoms with Gasteiger partial charge in [-0.05, 0) is 42.9 Å². The molecule has 5 nitrogen and oxygen atoms in total. The summed E-state index contributed by atoms with van der Waals surface area (Å²) in [6.45, 7) is 2.41. The van der Waals surface area contributed by atoms with Gasteiger partial charge in [0.15, 0.2) is 0 Å². The molecule has 128 valence electrons. The van der Waals surface area contributed by atoms with Gasteiger partial charge in [0.05, 0.1) is 12.7 Å². The Morgan fingerprint density at radius 3 is 2.74 bits per heavy atom. The van der Waals surface area contributed by atoms with Crippen LogP contribution >= 0.6 is 11.8 Å². The van der Waals surface area contributed by atoms with Crippen LogP contribution in [0.15, 0.2) is 18.2 Å². The Morgan fingerprint density at radius 1 is 1.39 bits per heavy atom. The Kier molecular flexibility index (Phi) is 7.05. The molecule has 0 saturated carbocycles. The summed E-state index contributed by atoms with van der Waals surface area (Å²) in [4.78, 5) is 14.7. The lowest BCUT2D eigenvalue weighted by molar-refractivity contribution is 0.0694. The molecule has 1 aliphatic rings. The smallest absolute Gasteiger partial charge is 0.257 e. The van der Waals surface area contributed by atoms with Gasteiger partial charge in [0.1, 0.15) is 18.1 Å².